The van der Waals surface area contributed by atoms with Crippen molar-refractivity contribution in [1.29, 1.82) is 0 Å². The molecule has 1 aromatic rings. The monoisotopic (exact) mass is 338 g/mol. The Morgan fingerprint density at radius 1 is 0.870 bits per heavy atom. The van der Waals surface area contributed by atoms with Crippen LogP contribution in [0.3, 0.4) is 0 Å². The van der Waals surface area contributed by atoms with Crippen LogP contribution in [0.1, 0.15) is 69.7 Å². The molecule has 132 valence electrons. The lowest BCUT2D eigenvalue weighted by molar-refractivity contribution is 0.0697. The fraction of sp³-hybridized carbons (Fsp3) is 0.632. The van der Waals surface area contributed by atoms with Crippen molar-refractivity contribution in [3.8, 4) is 0 Å². The summed E-state index contributed by atoms with van der Waals surface area (Å²) in [5.41, 5.74) is 0.331. The van der Waals surface area contributed by atoms with E-state index in [9.17, 15) is 9.59 Å². The van der Waals surface area contributed by atoms with E-state index in [1.165, 1.54) is 38.5 Å². The minimum Gasteiger partial charge on any atom is -0.478 e. The van der Waals surface area contributed by atoms with Crippen molar-refractivity contribution in [2.45, 2.75) is 77.4 Å². The van der Waals surface area contributed by atoms with Crippen LogP contribution in [0.4, 0.5) is 0 Å². The molecule has 0 bridgehead atoms. The summed E-state index contributed by atoms with van der Waals surface area (Å²) in [4.78, 5) is 20.7. The molecule has 0 aliphatic carbocycles. The highest BCUT2D eigenvalue weighted by atomic mass is 28.4. The number of unbranched alkanes of at least 4 members (excludes halogenated alkanes) is 3. The average molecular weight is 339 g/mol. The maximum absolute atomic E-state index is 10.5. The van der Waals surface area contributed by atoms with Crippen molar-refractivity contribution in [1.82, 2.24) is 0 Å². The Bertz CT molecular complexity index is 385. The van der Waals surface area contributed by atoms with E-state index in [0.29, 0.717) is 5.56 Å². The molecular weight excluding hydrogens is 304 g/mol. The van der Waals surface area contributed by atoms with E-state index in [1.54, 1.807) is 30.3 Å². The second kappa shape index (κ2) is 13.3. The zero-order valence-corrected chi connectivity index (χ0v) is 16.1. The predicted molar refractivity (Wildman–Crippen MR) is 101 cm³/mol. The zero-order chi connectivity index (χ0) is 17.6. The van der Waals surface area contributed by atoms with Gasteiger partial charge in [-0.05, 0) is 30.3 Å². The smallest absolute Gasteiger partial charge is 0.335 e. The molecule has 0 aromatic heterocycles. The van der Waals surface area contributed by atoms with Gasteiger partial charge >= 0.3 is 5.97 Å². The SMILES string of the molecule is CCCC[Si](O)(CCCC)CCCC.O=C(O)c1ccccc1. The topological polar surface area (TPSA) is 57.5 Å². The predicted octanol–water partition coefficient (Wildman–Crippen LogP) is 5.71. The molecule has 0 spiro atoms. The van der Waals surface area contributed by atoms with Gasteiger partial charge in [0.2, 0.25) is 0 Å². The molecule has 0 aliphatic rings. The summed E-state index contributed by atoms with van der Waals surface area (Å²) >= 11 is 0. The first-order chi connectivity index (χ1) is 11.0. The molecule has 23 heavy (non-hydrogen) atoms. The summed E-state index contributed by atoms with van der Waals surface area (Å²) in [7, 11) is -1.81. The Kier molecular flexibility index (Phi) is 12.7. The van der Waals surface area contributed by atoms with Crippen LogP contribution in [-0.4, -0.2) is 24.2 Å². The maximum atomic E-state index is 10.5. The molecule has 2 N–H and O–H groups in total. The fourth-order valence-corrected chi connectivity index (χ4v) is 6.26. The summed E-state index contributed by atoms with van der Waals surface area (Å²) in [5, 5.41) is 8.38. The van der Waals surface area contributed by atoms with Crippen molar-refractivity contribution in [3.63, 3.8) is 0 Å². The molecule has 0 aliphatic heterocycles. The Hall–Kier alpha value is -1.13. The number of carbonyl (C=O) groups is 1. The van der Waals surface area contributed by atoms with Gasteiger partial charge in [-0.15, -0.1) is 0 Å². The van der Waals surface area contributed by atoms with Crippen LogP contribution < -0.4 is 0 Å². The minimum atomic E-state index is -1.81. The molecule has 1 rings (SSSR count). The Labute approximate surface area is 142 Å². The van der Waals surface area contributed by atoms with Gasteiger partial charge in [0.1, 0.15) is 0 Å². The molecule has 4 heteroatoms. The highest BCUT2D eigenvalue weighted by Gasteiger charge is 2.28. The van der Waals surface area contributed by atoms with Crippen molar-refractivity contribution in [2.24, 2.45) is 0 Å². The van der Waals surface area contributed by atoms with E-state index in [4.69, 9.17) is 5.11 Å². The van der Waals surface area contributed by atoms with E-state index >= 15 is 0 Å². The van der Waals surface area contributed by atoms with Crippen LogP contribution in [0, 0.1) is 0 Å². The lowest BCUT2D eigenvalue weighted by atomic mass is 10.2. The summed E-state index contributed by atoms with van der Waals surface area (Å²) in [6.07, 6.45) is 7.39. The van der Waals surface area contributed by atoms with Crippen LogP contribution in [0.5, 0.6) is 0 Å². The van der Waals surface area contributed by atoms with E-state index < -0.39 is 14.3 Å². The Morgan fingerprint density at radius 3 is 1.52 bits per heavy atom. The molecule has 0 radical (unpaired) electrons. The highest BCUT2D eigenvalue weighted by Crippen LogP contribution is 2.25. The highest BCUT2D eigenvalue weighted by molar-refractivity contribution is 6.72. The lowest BCUT2D eigenvalue weighted by Crippen LogP contribution is -2.33. The maximum Gasteiger partial charge on any atom is 0.335 e. The number of benzene rings is 1. The third-order valence-corrected chi connectivity index (χ3v) is 7.86. The number of rotatable bonds is 10. The zero-order valence-electron chi connectivity index (χ0n) is 15.1. The summed E-state index contributed by atoms with van der Waals surface area (Å²) < 4.78 is 0. The largest absolute Gasteiger partial charge is 0.478 e. The van der Waals surface area contributed by atoms with Gasteiger partial charge in [-0.25, -0.2) is 4.79 Å². The van der Waals surface area contributed by atoms with Gasteiger partial charge in [-0.1, -0.05) is 77.5 Å². The van der Waals surface area contributed by atoms with Crippen molar-refractivity contribution in [3.05, 3.63) is 35.9 Å². The van der Waals surface area contributed by atoms with Crippen LogP contribution in [0.15, 0.2) is 30.3 Å². The standard InChI is InChI=1S/C12H28OSi.C7H6O2/c1-4-7-10-14(13,11-8-5-2)12-9-6-3;8-7(9)6-4-2-1-3-5-6/h13H,4-12H2,1-3H3;1-5H,(H,8,9). The van der Waals surface area contributed by atoms with Gasteiger partial charge in [0, 0.05) is 0 Å². The first kappa shape index (κ1) is 21.9. The van der Waals surface area contributed by atoms with Crippen molar-refractivity contribution >= 4 is 14.3 Å². The van der Waals surface area contributed by atoms with E-state index in [1.807, 2.05) is 0 Å². The summed E-state index contributed by atoms with van der Waals surface area (Å²) in [6, 6.07) is 11.7. The molecular formula is C19H34O3Si. The number of hydrogen-bond donors (Lipinski definition) is 2. The second-order valence-electron chi connectivity index (χ2n) is 6.21. The third-order valence-electron chi connectivity index (χ3n) is 4.01. The van der Waals surface area contributed by atoms with E-state index in [2.05, 4.69) is 20.8 Å². The lowest BCUT2D eigenvalue weighted by Gasteiger charge is -2.24. The normalized spacial score (nSPS) is 10.8. The van der Waals surface area contributed by atoms with E-state index in [-0.39, 0.29) is 0 Å². The van der Waals surface area contributed by atoms with Gasteiger partial charge < -0.3 is 9.90 Å². The second-order valence-corrected chi connectivity index (χ2v) is 10.2. The number of carboxylic acid groups (broad SMARTS) is 1. The van der Waals surface area contributed by atoms with Gasteiger partial charge in [-0.2, -0.15) is 0 Å². The molecule has 0 unspecified atom stereocenters. The van der Waals surface area contributed by atoms with Crippen molar-refractivity contribution < 1.29 is 14.7 Å². The minimum absolute atomic E-state index is 0.331. The van der Waals surface area contributed by atoms with Gasteiger partial charge in [0.25, 0.3) is 0 Å². The molecule has 0 fully saturated rings. The number of hydrogen-bond acceptors (Lipinski definition) is 2. The summed E-state index contributed by atoms with van der Waals surface area (Å²) in [5.74, 6) is -0.879. The molecule has 0 heterocycles. The van der Waals surface area contributed by atoms with Crippen LogP contribution in [-0.2, 0) is 0 Å². The molecule has 3 nitrogen and oxygen atoms in total. The first-order valence-electron chi connectivity index (χ1n) is 8.99. The van der Waals surface area contributed by atoms with Crippen LogP contribution >= 0.6 is 0 Å². The Morgan fingerprint density at radius 2 is 1.26 bits per heavy atom. The number of carboxylic acids is 1. The molecule has 0 atom stereocenters. The number of aromatic carboxylic acids is 1. The molecule has 0 amide bonds. The average Bonchev–Trinajstić information content (AvgIpc) is 2.58. The molecule has 0 saturated heterocycles. The third kappa shape index (κ3) is 11.1. The van der Waals surface area contributed by atoms with Crippen LogP contribution in [0.2, 0.25) is 18.1 Å². The fourth-order valence-electron chi connectivity index (χ4n) is 2.47. The van der Waals surface area contributed by atoms with Gasteiger partial charge in [-0.3, -0.25) is 0 Å². The molecule has 0 saturated carbocycles. The quantitative estimate of drug-likeness (QED) is 0.537. The first-order valence-corrected chi connectivity index (χ1v) is 11.6. The summed E-state index contributed by atoms with van der Waals surface area (Å²) in [6.45, 7) is 6.65. The van der Waals surface area contributed by atoms with Gasteiger partial charge in [0.05, 0.1) is 5.56 Å². The van der Waals surface area contributed by atoms with Crippen molar-refractivity contribution in [2.75, 3.05) is 0 Å². The van der Waals surface area contributed by atoms with E-state index in [0.717, 1.165) is 18.1 Å². The van der Waals surface area contributed by atoms with Crippen LogP contribution in [0.25, 0.3) is 0 Å². The molecule has 1 aromatic carbocycles. The van der Waals surface area contributed by atoms with Gasteiger partial charge in [0.15, 0.2) is 8.32 Å². The Balaban J connectivity index is 0.000000459.